The van der Waals surface area contributed by atoms with Gasteiger partial charge in [0, 0.05) is 11.4 Å². The van der Waals surface area contributed by atoms with Gasteiger partial charge in [-0.25, -0.2) is 9.97 Å². The molecule has 0 amide bonds. The molecule has 3 aromatic heterocycles. The zero-order valence-corrected chi connectivity index (χ0v) is 11.8. The van der Waals surface area contributed by atoms with E-state index in [1.165, 1.54) is 11.4 Å². The van der Waals surface area contributed by atoms with Gasteiger partial charge in [0.25, 0.3) is 0 Å². The highest BCUT2D eigenvalue weighted by atomic mass is 79.9. The van der Waals surface area contributed by atoms with Crippen molar-refractivity contribution in [2.24, 2.45) is 0 Å². The Morgan fingerprint density at radius 2 is 1.76 bits per heavy atom. The van der Waals surface area contributed by atoms with Crippen LogP contribution >= 0.6 is 27.3 Å². The van der Waals surface area contributed by atoms with Gasteiger partial charge in [0.15, 0.2) is 5.13 Å². The molecule has 0 spiro atoms. The molecule has 0 atom stereocenters. The fourth-order valence-electron chi connectivity index (χ4n) is 1.85. The average Bonchev–Trinajstić information content (AvgIpc) is 2.81. The van der Waals surface area contributed by atoms with Crippen molar-refractivity contribution in [3.63, 3.8) is 0 Å². The van der Waals surface area contributed by atoms with Crippen LogP contribution in [0.1, 0.15) is 11.4 Å². The van der Waals surface area contributed by atoms with Crippen molar-refractivity contribution in [2.45, 2.75) is 13.8 Å². The van der Waals surface area contributed by atoms with E-state index in [1.54, 1.807) is 11.3 Å². The third-order valence-corrected chi connectivity index (χ3v) is 4.06. The van der Waals surface area contributed by atoms with Crippen LogP contribution in [0.4, 0.5) is 0 Å². The highest BCUT2D eigenvalue weighted by Gasteiger charge is 2.10. The summed E-state index contributed by atoms with van der Waals surface area (Å²) in [5.41, 5.74) is 3.34. The number of rotatable bonds is 1. The van der Waals surface area contributed by atoms with Crippen LogP contribution in [0.25, 0.3) is 15.5 Å². The SMILES string of the molecule is Cc1ccc(C)n1-c1nc2ccc(Br)nc2s1. The fraction of sp³-hybridized carbons (Fsp3) is 0.167. The molecule has 5 heteroatoms. The van der Waals surface area contributed by atoms with Crippen molar-refractivity contribution in [1.82, 2.24) is 14.5 Å². The van der Waals surface area contributed by atoms with Crippen LogP contribution in [0.15, 0.2) is 28.9 Å². The zero-order valence-electron chi connectivity index (χ0n) is 9.44. The molecule has 0 radical (unpaired) electrons. The first kappa shape index (κ1) is 10.9. The number of thiazole rings is 1. The second kappa shape index (κ2) is 3.92. The van der Waals surface area contributed by atoms with Crippen molar-refractivity contribution in [1.29, 1.82) is 0 Å². The van der Waals surface area contributed by atoms with E-state index in [1.807, 2.05) is 12.1 Å². The summed E-state index contributed by atoms with van der Waals surface area (Å²) >= 11 is 4.99. The van der Waals surface area contributed by atoms with Crippen LogP contribution in [0.5, 0.6) is 0 Å². The number of nitrogens with zero attached hydrogens (tertiary/aromatic N) is 3. The molecule has 0 fully saturated rings. The summed E-state index contributed by atoms with van der Waals surface area (Å²) < 4.78 is 3.00. The number of hydrogen-bond donors (Lipinski definition) is 0. The molecule has 0 aromatic carbocycles. The Bertz CT molecular complexity index is 679. The Kier molecular flexibility index (Phi) is 2.52. The molecule has 3 heterocycles. The van der Waals surface area contributed by atoms with E-state index in [2.05, 4.69) is 56.4 Å². The molecule has 3 rings (SSSR count). The minimum Gasteiger partial charge on any atom is -0.295 e. The number of aryl methyl sites for hydroxylation is 2. The Balaban J connectivity index is 2.25. The van der Waals surface area contributed by atoms with Gasteiger partial charge in [-0.15, -0.1) is 0 Å². The lowest BCUT2D eigenvalue weighted by Crippen LogP contribution is -1.97. The summed E-state index contributed by atoms with van der Waals surface area (Å²) in [7, 11) is 0. The van der Waals surface area contributed by atoms with Crippen molar-refractivity contribution in [2.75, 3.05) is 0 Å². The molecule has 3 aromatic rings. The maximum Gasteiger partial charge on any atom is 0.196 e. The Morgan fingerprint density at radius 1 is 1.06 bits per heavy atom. The predicted octanol–water partition coefficient (Wildman–Crippen LogP) is 3.86. The van der Waals surface area contributed by atoms with Crippen molar-refractivity contribution < 1.29 is 0 Å². The van der Waals surface area contributed by atoms with Crippen LogP contribution in [-0.2, 0) is 0 Å². The third kappa shape index (κ3) is 1.79. The van der Waals surface area contributed by atoms with Gasteiger partial charge in [-0.05, 0) is 54.0 Å². The van der Waals surface area contributed by atoms with E-state index in [9.17, 15) is 0 Å². The van der Waals surface area contributed by atoms with Crippen LogP contribution in [0, 0.1) is 13.8 Å². The second-order valence-electron chi connectivity index (χ2n) is 3.91. The van der Waals surface area contributed by atoms with E-state index in [0.717, 1.165) is 20.1 Å². The van der Waals surface area contributed by atoms with E-state index in [4.69, 9.17) is 0 Å². The zero-order chi connectivity index (χ0) is 12.0. The smallest absolute Gasteiger partial charge is 0.196 e. The van der Waals surface area contributed by atoms with Gasteiger partial charge in [0.1, 0.15) is 15.0 Å². The lowest BCUT2D eigenvalue weighted by Gasteiger charge is -2.03. The van der Waals surface area contributed by atoms with Gasteiger partial charge in [0.05, 0.1) is 0 Å². The number of halogens is 1. The molecule has 0 unspecified atom stereocenters. The molecule has 0 saturated heterocycles. The summed E-state index contributed by atoms with van der Waals surface area (Å²) in [6.07, 6.45) is 0. The van der Waals surface area contributed by atoms with Gasteiger partial charge < -0.3 is 0 Å². The molecule has 0 aliphatic heterocycles. The Labute approximate surface area is 111 Å². The van der Waals surface area contributed by atoms with Gasteiger partial charge >= 0.3 is 0 Å². The van der Waals surface area contributed by atoms with E-state index >= 15 is 0 Å². The molecular weight excluding hydrogens is 298 g/mol. The normalized spacial score (nSPS) is 11.2. The topological polar surface area (TPSA) is 30.7 Å². The number of hydrogen-bond acceptors (Lipinski definition) is 3. The first-order valence-corrected chi connectivity index (χ1v) is 6.84. The molecule has 17 heavy (non-hydrogen) atoms. The first-order valence-electron chi connectivity index (χ1n) is 5.23. The molecule has 86 valence electrons. The van der Waals surface area contributed by atoms with Crippen molar-refractivity contribution in [3.05, 3.63) is 40.3 Å². The van der Waals surface area contributed by atoms with Crippen molar-refractivity contribution >= 4 is 37.6 Å². The Hall–Kier alpha value is -1.20. The standard InChI is InChI=1S/C12H10BrN3S/c1-7-3-4-8(2)16(7)12-14-9-5-6-10(13)15-11(9)17-12/h3-6H,1-2H3. The summed E-state index contributed by atoms with van der Waals surface area (Å²) in [6, 6.07) is 8.11. The molecule has 0 N–H and O–H groups in total. The third-order valence-electron chi connectivity index (χ3n) is 2.67. The quantitative estimate of drug-likeness (QED) is 0.639. The average molecular weight is 308 g/mol. The summed E-state index contributed by atoms with van der Waals surface area (Å²) in [5.74, 6) is 0. The number of pyridine rings is 1. The predicted molar refractivity (Wildman–Crippen MR) is 73.9 cm³/mol. The minimum absolute atomic E-state index is 0.848. The molecule has 0 aliphatic carbocycles. The van der Waals surface area contributed by atoms with E-state index in [-0.39, 0.29) is 0 Å². The fourth-order valence-corrected chi connectivity index (χ4v) is 3.33. The van der Waals surface area contributed by atoms with Gasteiger partial charge in [0.2, 0.25) is 0 Å². The molecule has 3 nitrogen and oxygen atoms in total. The largest absolute Gasteiger partial charge is 0.295 e. The molecule has 0 bridgehead atoms. The number of aromatic nitrogens is 3. The van der Waals surface area contributed by atoms with Crippen LogP contribution in [0.3, 0.4) is 0 Å². The highest BCUT2D eigenvalue weighted by molar-refractivity contribution is 9.10. The van der Waals surface area contributed by atoms with Gasteiger partial charge in [-0.3, -0.25) is 4.57 Å². The van der Waals surface area contributed by atoms with Crippen LogP contribution < -0.4 is 0 Å². The van der Waals surface area contributed by atoms with Crippen molar-refractivity contribution in [3.8, 4) is 5.13 Å². The van der Waals surface area contributed by atoms with Crippen LogP contribution in [0.2, 0.25) is 0 Å². The van der Waals surface area contributed by atoms with E-state index in [0.29, 0.717) is 0 Å². The van der Waals surface area contributed by atoms with Gasteiger partial charge in [-0.2, -0.15) is 0 Å². The summed E-state index contributed by atoms with van der Waals surface area (Å²) in [5, 5.41) is 0.977. The molecular formula is C12H10BrN3S. The summed E-state index contributed by atoms with van der Waals surface area (Å²) in [6.45, 7) is 4.17. The number of fused-ring (bicyclic) bond motifs is 1. The molecule has 0 aliphatic rings. The van der Waals surface area contributed by atoms with Gasteiger partial charge in [-0.1, -0.05) is 11.3 Å². The summed E-state index contributed by atoms with van der Waals surface area (Å²) in [4.78, 5) is 10.0. The first-order chi connectivity index (χ1) is 8.15. The second-order valence-corrected chi connectivity index (χ2v) is 5.67. The Morgan fingerprint density at radius 3 is 2.47 bits per heavy atom. The highest BCUT2D eigenvalue weighted by Crippen LogP contribution is 2.27. The minimum atomic E-state index is 0.848. The lowest BCUT2D eigenvalue weighted by atomic mass is 10.5. The molecule has 0 saturated carbocycles. The van der Waals surface area contributed by atoms with E-state index < -0.39 is 0 Å². The maximum absolute atomic E-state index is 4.62. The lowest BCUT2D eigenvalue weighted by molar-refractivity contribution is 0.955. The monoisotopic (exact) mass is 307 g/mol. The van der Waals surface area contributed by atoms with Crippen LogP contribution in [-0.4, -0.2) is 14.5 Å². The maximum atomic E-state index is 4.62.